The van der Waals surface area contributed by atoms with Gasteiger partial charge in [0.2, 0.25) is 0 Å². The van der Waals surface area contributed by atoms with Crippen molar-refractivity contribution in [1.82, 2.24) is 30.1 Å². The van der Waals surface area contributed by atoms with Gasteiger partial charge < -0.3 is 19.6 Å². The van der Waals surface area contributed by atoms with Crippen LogP contribution in [0.4, 0.5) is 0 Å². The first-order valence-corrected chi connectivity index (χ1v) is 10.7. The number of rotatable bonds is 5. The highest BCUT2D eigenvalue weighted by molar-refractivity contribution is 5.96. The Labute approximate surface area is 176 Å². The Bertz CT molecular complexity index is 925. The van der Waals surface area contributed by atoms with E-state index in [0.29, 0.717) is 35.5 Å². The summed E-state index contributed by atoms with van der Waals surface area (Å²) in [4.78, 5) is 29.9. The lowest BCUT2D eigenvalue weighted by Gasteiger charge is -2.32. The van der Waals surface area contributed by atoms with E-state index in [0.717, 1.165) is 51.3 Å². The average molecular weight is 415 g/mol. The van der Waals surface area contributed by atoms with Crippen LogP contribution in [0, 0.1) is 12.8 Å². The third-order valence-electron chi connectivity index (χ3n) is 6.23. The van der Waals surface area contributed by atoms with Gasteiger partial charge in [-0.3, -0.25) is 14.3 Å². The minimum atomic E-state index is -0.140. The van der Waals surface area contributed by atoms with Gasteiger partial charge in [0.15, 0.2) is 0 Å². The summed E-state index contributed by atoms with van der Waals surface area (Å²) in [6, 6.07) is 0. The molecular weight excluding hydrogens is 384 g/mol. The third-order valence-corrected chi connectivity index (χ3v) is 6.23. The smallest absolute Gasteiger partial charge is 0.257 e. The predicted octanol–water partition coefficient (Wildman–Crippen LogP) is 1.12. The van der Waals surface area contributed by atoms with Crippen molar-refractivity contribution in [1.29, 1.82) is 0 Å². The van der Waals surface area contributed by atoms with Crippen LogP contribution in [0.1, 0.15) is 51.2 Å². The van der Waals surface area contributed by atoms with Crippen molar-refractivity contribution < 1.29 is 14.1 Å². The quantitative estimate of drug-likeness (QED) is 0.788. The molecule has 4 rings (SSSR count). The fourth-order valence-electron chi connectivity index (χ4n) is 4.31. The first-order valence-electron chi connectivity index (χ1n) is 10.7. The van der Waals surface area contributed by atoms with E-state index in [1.54, 1.807) is 13.1 Å². The maximum Gasteiger partial charge on any atom is 0.257 e. The number of nitrogens with zero attached hydrogens (tertiary/aromatic N) is 5. The Hall–Kier alpha value is -2.68. The summed E-state index contributed by atoms with van der Waals surface area (Å²) >= 11 is 0. The molecule has 2 aromatic heterocycles. The zero-order chi connectivity index (χ0) is 21.3. The number of hydrogen-bond acceptors (Lipinski definition) is 6. The monoisotopic (exact) mass is 414 g/mol. The molecule has 162 valence electrons. The number of amides is 2. The summed E-state index contributed by atoms with van der Waals surface area (Å²) in [5, 5.41) is 11.4. The van der Waals surface area contributed by atoms with Gasteiger partial charge >= 0.3 is 0 Å². The van der Waals surface area contributed by atoms with Gasteiger partial charge in [0.1, 0.15) is 11.3 Å². The molecule has 9 heteroatoms. The highest BCUT2D eigenvalue weighted by Crippen LogP contribution is 2.24. The van der Waals surface area contributed by atoms with Crippen LogP contribution in [0.25, 0.3) is 0 Å². The molecule has 0 spiro atoms. The van der Waals surface area contributed by atoms with Crippen molar-refractivity contribution in [3.63, 3.8) is 0 Å². The molecule has 0 saturated carbocycles. The number of carbonyl (C=O) groups is 2. The number of fused-ring (bicyclic) bond motifs is 1. The average Bonchev–Trinajstić information content (AvgIpc) is 3.34. The molecule has 0 aliphatic carbocycles. The summed E-state index contributed by atoms with van der Waals surface area (Å²) in [5.74, 6) is 0.814. The van der Waals surface area contributed by atoms with Gasteiger partial charge in [-0.15, -0.1) is 0 Å². The molecule has 0 aromatic carbocycles. The Balaban J connectivity index is 1.40. The van der Waals surface area contributed by atoms with Gasteiger partial charge in [0.05, 0.1) is 23.1 Å². The summed E-state index contributed by atoms with van der Waals surface area (Å²) < 4.78 is 7.18. The highest BCUT2D eigenvalue weighted by Gasteiger charge is 2.29. The molecular formula is C21H30N6O3. The fraction of sp³-hybridized carbons (Fsp3) is 0.619. The lowest BCUT2D eigenvalue weighted by molar-refractivity contribution is 0.0661. The van der Waals surface area contributed by atoms with Crippen LogP contribution in [0.15, 0.2) is 10.7 Å². The number of hydrogen-bond donors (Lipinski definition) is 1. The van der Waals surface area contributed by atoms with E-state index in [4.69, 9.17) is 4.52 Å². The zero-order valence-electron chi connectivity index (χ0n) is 18.0. The molecule has 30 heavy (non-hydrogen) atoms. The number of piperazine rings is 1. The van der Waals surface area contributed by atoms with Crippen LogP contribution in [0.3, 0.4) is 0 Å². The molecule has 0 unspecified atom stereocenters. The summed E-state index contributed by atoms with van der Waals surface area (Å²) in [6.45, 7) is 8.33. The van der Waals surface area contributed by atoms with Crippen molar-refractivity contribution in [2.45, 2.75) is 39.7 Å². The predicted molar refractivity (Wildman–Crippen MR) is 110 cm³/mol. The lowest BCUT2D eigenvalue weighted by Crippen LogP contribution is -2.47. The number of nitrogens with one attached hydrogen (secondary N) is 1. The number of carbonyl (C=O) groups excluding carboxylic acids is 2. The number of aromatic nitrogens is 3. The first-order chi connectivity index (χ1) is 14.5. The van der Waals surface area contributed by atoms with E-state index in [9.17, 15) is 9.59 Å². The maximum atomic E-state index is 13.0. The van der Waals surface area contributed by atoms with E-state index < -0.39 is 0 Å². The summed E-state index contributed by atoms with van der Waals surface area (Å²) in [6.07, 6.45) is 3.99. The summed E-state index contributed by atoms with van der Waals surface area (Å²) in [5.41, 5.74) is 2.86. The van der Waals surface area contributed by atoms with Crippen molar-refractivity contribution >= 4 is 11.8 Å². The third kappa shape index (κ3) is 3.98. The van der Waals surface area contributed by atoms with Gasteiger partial charge in [-0.25, -0.2) is 0 Å². The number of likely N-dealkylation sites (N-methyl/N-ethyl adjacent to an activating group) is 1. The lowest BCUT2D eigenvalue weighted by atomic mass is 9.94. The molecule has 4 heterocycles. The van der Waals surface area contributed by atoms with Crippen molar-refractivity contribution in [2.24, 2.45) is 5.92 Å². The molecule has 0 radical (unpaired) electrons. The normalized spacial score (nSPS) is 19.6. The van der Waals surface area contributed by atoms with Crippen molar-refractivity contribution in [3.8, 4) is 0 Å². The Kier molecular flexibility index (Phi) is 5.90. The van der Waals surface area contributed by atoms with E-state index in [2.05, 4.69) is 27.5 Å². The minimum absolute atomic E-state index is 0.0710. The molecule has 1 saturated heterocycles. The van der Waals surface area contributed by atoms with Crippen molar-refractivity contribution in [2.75, 3.05) is 39.8 Å². The van der Waals surface area contributed by atoms with E-state index in [1.807, 2.05) is 16.5 Å². The topological polar surface area (TPSA) is 96.5 Å². The second-order valence-electron chi connectivity index (χ2n) is 8.31. The molecule has 9 nitrogen and oxygen atoms in total. The van der Waals surface area contributed by atoms with Gasteiger partial charge in [-0.1, -0.05) is 12.1 Å². The van der Waals surface area contributed by atoms with Crippen LogP contribution in [-0.2, 0) is 19.4 Å². The molecule has 1 atom stereocenters. The van der Waals surface area contributed by atoms with E-state index in [1.165, 1.54) is 0 Å². The van der Waals surface area contributed by atoms with Crippen LogP contribution in [0.5, 0.6) is 0 Å². The highest BCUT2D eigenvalue weighted by atomic mass is 16.5. The Morgan fingerprint density at radius 2 is 2.00 bits per heavy atom. The largest absolute Gasteiger partial charge is 0.360 e. The van der Waals surface area contributed by atoms with Gasteiger partial charge in [-0.05, 0) is 32.7 Å². The first kappa shape index (κ1) is 20.6. The SMILES string of the molecule is CCc1onc(C)c1C(=O)NC[C@H]1CCn2ncc(C(=O)N3CCN(C)CC3)c2C1. The van der Waals surface area contributed by atoms with Gasteiger partial charge in [0, 0.05) is 45.7 Å². The maximum absolute atomic E-state index is 13.0. The molecule has 2 aliphatic rings. The van der Waals surface area contributed by atoms with Crippen LogP contribution >= 0.6 is 0 Å². The van der Waals surface area contributed by atoms with Gasteiger partial charge in [-0.2, -0.15) is 5.10 Å². The molecule has 2 amide bonds. The molecule has 2 aliphatic heterocycles. The minimum Gasteiger partial charge on any atom is -0.360 e. The second kappa shape index (κ2) is 8.59. The second-order valence-corrected chi connectivity index (χ2v) is 8.31. The Morgan fingerprint density at radius 3 is 2.73 bits per heavy atom. The van der Waals surface area contributed by atoms with Gasteiger partial charge in [0.25, 0.3) is 11.8 Å². The van der Waals surface area contributed by atoms with Crippen molar-refractivity contribution in [3.05, 3.63) is 34.5 Å². The number of aryl methyl sites for hydroxylation is 3. The van der Waals surface area contributed by atoms with E-state index >= 15 is 0 Å². The summed E-state index contributed by atoms with van der Waals surface area (Å²) in [7, 11) is 2.08. The molecule has 2 aromatic rings. The zero-order valence-corrected chi connectivity index (χ0v) is 18.0. The standard InChI is InChI=1S/C21H30N6O3/c1-4-18-19(14(2)24-30-18)20(28)22-12-15-5-6-27-17(11-15)16(13-23-27)21(29)26-9-7-25(3)8-10-26/h13,15H,4-12H2,1-3H3,(H,22,28)/t15-/m0/s1. The molecule has 1 N–H and O–H groups in total. The van der Waals surface area contributed by atoms with E-state index in [-0.39, 0.29) is 17.7 Å². The molecule has 1 fully saturated rings. The van der Waals surface area contributed by atoms with Crippen LogP contribution in [-0.4, -0.2) is 76.3 Å². The Morgan fingerprint density at radius 1 is 1.23 bits per heavy atom. The molecule has 0 bridgehead atoms. The van der Waals surface area contributed by atoms with Crippen LogP contribution < -0.4 is 5.32 Å². The van der Waals surface area contributed by atoms with Crippen LogP contribution in [0.2, 0.25) is 0 Å². The fourth-order valence-corrected chi connectivity index (χ4v) is 4.31.